The summed E-state index contributed by atoms with van der Waals surface area (Å²) >= 11 is 0. The first kappa shape index (κ1) is 7.80. The molecule has 1 N–H and O–H groups in total. The standard InChI is InChI=1S/C9H16N/c10-8-4-7-9-5-2-1-3-6-9/h4,7,9-10H,1-3,5-6,8H2. The number of nitrogens with one attached hydrogen (secondary N) is 1. The van der Waals surface area contributed by atoms with Gasteiger partial charge in [0.05, 0.1) is 0 Å². The highest BCUT2D eigenvalue weighted by atomic mass is 14.5. The van der Waals surface area contributed by atoms with Gasteiger partial charge >= 0.3 is 0 Å². The van der Waals surface area contributed by atoms with Crippen molar-refractivity contribution in [2.24, 2.45) is 5.92 Å². The molecule has 0 amide bonds. The molecule has 10 heavy (non-hydrogen) atoms. The van der Waals surface area contributed by atoms with E-state index < -0.39 is 0 Å². The van der Waals surface area contributed by atoms with Crippen LogP contribution in [-0.4, -0.2) is 6.54 Å². The zero-order chi connectivity index (χ0) is 7.23. The highest BCUT2D eigenvalue weighted by molar-refractivity contribution is 4.90. The van der Waals surface area contributed by atoms with E-state index >= 15 is 0 Å². The maximum absolute atomic E-state index is 6.93. The lowest BCUT2D eigenvalue weighted by atomic mass is 9.89. The van der Waals surface area contributed by atoms with Crippen molar-refractivity contribution in [3.63, 3.8) is 0 Å². The van der Waals surface area contributed by atoms with Crippen LogP contribution < -0.4 is 5.73 Å². The second kappa shape index (κ2) is 4.51. The summed E-state index contributed by atoms with van der Waals surface area (Å²) in [6.07, 6.45) is 11.1. The highest BCUT2D eigenvalue weighted by Gasteiger charge is 2.08. The van der Waals surface area contributed by atoms with Crippen LogP contribution in [0, 0.1) is 5.92 Å². The third-order valence-corrected chi connectivity index (χ3v) is 2.18. The molecule has 0 aromatic rings. The van der Waals surface area contributed by atoms with Crippen LogP contribution >= 0.6 is 0 Å². The molecule has 0 aromatic heterocycles. The highest BCUT2D eigenvalue weighted by Crippen LogP contribution is 2.24. The largest absolute Gasteiger partial charge is 0.254 e. The van der Waals surface area contributed by atoms with Crippen LogP contribution in [0.2, 0.25) is 0 Å². The summed E-state index contributed by atoms with van der Waals surface area (Å²) in [6, 6.07) is 0. The van der Waals surface area contributed by atoms with Crippen molar-refractivity contribution in [3.05, 3.63) is 12.2 Å². The molecule has 0 unspecified atom stereocenters. The first-order valence-electron chi connectivity index (χ1n) is 4.24. The predicted octanol–water partition coefficient (Wildman–Crippen LogP) is 2.41. The Labute approximate surface area is 63.3 Å². The van der Waals surface area contributed by atoms with E-state index in [4.69, 9.17) is 5.73 Å². The minimum atomic E-state index is 0.455. The summed E-state index contributed by atoms with van der Waals surface area (Å²) < 4.78 is 0. The topological polar surface area (TPSA) is 23.8 Å². The molecule has 0 aliphatic heterocycles. The van der Waals surface area contributed by atoms with Crippen LogP contribution in [0.15, 0.2) is 12.2 Å². The molecule has 1 aliphatic carbocycles. The second-order valence-corrected chi connectivity index (χ2v) is 3.03. The first-order valence-corrected chi connectivity index (χ1v) is 4.24. The van der Waals surface area contributed by atoms with E-state index in [0.29, 0.717) is 6.54 Å². The van der Waals surface area contributed by atoms with Crippen molar-refractivity contribution in [1.29, 1.82) is 0 Å². The minimum Gasteiger partial charge on any atom is -0.254 e. The molecule has 1 saturated carbocycles. The van der Waals surface area contributed by atoms with Gasteiger partial charge < -0.3 is 0 Å². The molecule has 1 heteroatoms. The van der Waals surface area contributed by atoms with Crippen molar-refractivity contribution >= 4 is 0 Å². The smallest absolute Gasteiger partial charge is 0.0281 e. The molecule has 0 heterocycles. The molecule has 1 rings (SSSR count). The lowest BCUT2D eigenvalue weighted by Crippen LogP contribution is -2.02. The maximum Gasteiger partial charge on any atom is 0.0281 e. The van der Waals surface area contributed by atoms with Gasteiger partial charge in [-0.15, -0.1) is 0 Å². The van der Waals surface area contributed by atoms with Gasteiger partial charge in [0.25, 0.3) is 0 Å². The normalized spacial score (nSPS) is 22.1. The van der Waals surface area contributed by atoms with Crippen LogP contribution in [0.3, 0.4) is 0 Å². The van der Waals surface area contributed by atoms with E-state index in [1.165, 1.54) is 32.1 Å². The fraction of sp³-hybridized carbons (Fsp3) is 0.778. The predicted molar refractivity (Wildman–Crippen MR) is 43.7 cm³/mol. The van der Waals surface area contributed by atoms with Crippen LogP contribution in [0.4, 0.5) is 0 Å². The summed E-state index contributed by atoms with van der Waals surface area (Å²) in [4.78, 5) is 0. The number of rotatable bonds is 2. The van der Waals surface area contributed by atoms with Crippen molar-refractivity contribution in [1.82, 2.24) is 5.73 Å². The van der Waals surface area contributed by atoms with Crippen LogP contribution in [-0.2, 0) is 0 Å². The average Bonchev–Trinajstić information content (AvgIpc) is 2.03. The van der Waals surface area contributed by atoms with Crippen molar-refractivity contribution < 1.29 is 0 Å². The molecule has 1 nitrogen and oxygen atoms in total. The molecule has 57 valence electrons. The van der Waals surface area contributed by atoms with Gasteiger partial charge in [0.2, 0.25) is 0 Å². The summed E-state index contributed by atoms with van der Waals surface area (Å²) in [5.74, 6) is 0.805. The zero-order valence-electron chi connectivity index (χ0n) is 6.47. The monoisotopic (exact) mass is 138 g/mol. The molecule has 0 spiro atoms. The molecule has 1 radical (unpaired) electrons. The van der Waals surface area contributed by atoms with Gasteiger partial charge in [0, 0.05) is 6.54 Å². The Bertz CT molecular complexity index is 101. The van der Waals surface area contributed by atoms with Gasteiger partial charge in [-0.2, -0.15) is 0 Å². The van der Waals surface area contributed by atoms with Crippen LogP contribution in [0.1, 0.15) is 32.1 Å². The third kappa shape index (κ3) is 2.53. The molecule has 0 atom stereocenters. The van der Waals surface area contributed by atoms with E-state index in [0.717, 1.165) is 5.92 Å². The number of hydrogen-bond donors (Lipinski definition) is 0. The lowest BCUT2D eigenvalue weighted by Gasteiger charge is -2.17. The van der Waals surface area contributed by atoms with Crippen molar-refractivity contribution in [3.8, 4) is 0 Å². The van der Waals surface area contributed by atoms with Gasteiger partial charge in [-0.25, -0.2) is 0 Å². The fourth-order valence-corrected chi connectivity index (χ4v) is 1.59. The molecule has 0 bridgehead atoms. The quantitative estimate of drug-likeness (QED) is 0.523. The third-order valence-electron chi connectivity index (χ3n) is 2.18. The van der Waals surface area contributed by atoms with Gasteiger partial charge in [-0.3, -0.25) is 5.73 Å². The first-order chi connectivity index (χ1) is 4.93. The number of hydrogen-bond acceptors (Lipinski definition) is 0. The van der Waals surface area contributed by atoms with Crippen LogP contribution in [0.5, 0.6) is 0 Å². The van der Waals surface area contributed by atoms with Gasteiger partial charge in [-0.05, 0) is 18.8 Å². The Balaban J connectivity index is 2.19. The van der Waals surface area contributed by atoms with Crippen molar-refractivity contribution in [2.45, 2.75) is 32.1 Å². The summed E-state index contributed by atoms with van der Waals surface area (Å²) in [7, 11) is 0. The molecule has 0 saturated heterocycles. The molecule has 1 aliphatic rings. The minimum absolute atomic E-state index is 0.455. The zero-order valence-corrected chi connectivity index (χ0v) is 6.47. The Morgan fingerprint density at radius 3 is 2.50 bits per heavy atom. The Kier molecular flexibility index (Phi) is 3.52. The van der Waals surface area contributed by atoms with Gasteiger partial charge in [0.15, 0.2) is 0 Å². The van der Waals surface area contributed by atoms with Crippen LogP contribution in [0.25, 0.3) is 0 Å². The molecule has 0 aromatic carbocycles. The second-order valence-electron chi connectivity index (χ2n) is 3.03. The van der Waals surface area contributed by atoms with E-state index in [-0.39, 0.29) is 0 Å². The Hall–Kier alpha value is -0.300. The lowest BCUT2D eigenvalue weighted by molar-refractivity contribution is 0.419. The average molecular weight is 138 g/mol. The summed E-state index contributed by atoms with van der Waals surface area (Å²) in [5, 5.41) is 0. The number of allylic oxidation sites excluding steroid dienone is 1. The molecular formula is C9H16N. The van der Waals surface area contributed by atoms with E-state index in [1.54, 1.807) is 0 Å². The van der Waals surface area contributed by atoms with Gasteiger partial charge in [0.1, 0.15) is 0 Å². The van der Waals surface area contributed by atoms with Gasteiger partial charge in [-0.1, -0.05) is 31.4 Å². The SMILES string of the molecule is [NH]CC=CC1CCCCC1. The van der Waals surface area contributed by atoms with Crippen molar-refractivity contribution in [2.75, 3.05) is 6.54 Å². The van der Waals surface area contributed by atoms with E-state index in [9.17, 15) is 0 Å². The molecular weight excluding hydrogens is 122 g/mol. The Morgan fingerprint density at radius 1 is 1.20 bits per heavy atom. The fourth-order valence-electron chi connectivity index (χ4n) is 1.59. The van der Waals surface area contributed by atoms with E-state index in [1.807, 2.05) is 6.08 Å². The summed E-state index contributed by atoms with van der Waals surface area (Å²) in [6.45, 7) is 0.455. The molecule has 1 fully saturated rings. The maximum atomic E-state index is 6.93. The Morgan fingerprint density at radius 2 is 1.90 bits per heavy atom. The summed E-state index contributed by atoms with van der Waals surface area (Å²) in [5.41, 5.74) is 6.93. The van der Waals surface area contributed by atoms with E-state index in [2.05, 4.69) is 6.08 Å².